The fourth-order valence-electron chi connectivity index (χ4n) is 3.25. The molecule has 0 fully saturated rings. The predicted octanol–water partition coefficient (Wildman–Crippen LogP) is 3.62. The Balaban J connectivity index is 1.78. The van der Waals surface area contributed by atoms with E-state index < -0.39 is 6.09 Å². The van der Waals surface area contributed by atoms with Gasteiger partial charge in [0.05, 0.1) is 19.3 Å². The SMILES string of the molecule is COC(=O)N(C)c1c(N)nc(-c2cc(-c3ccsc3)n(Cc3ccccc3F)n2)nc1N. The molecule has 3 heterocycles. The number of amides is 1. The summed E-state index contributed by atoms with van der Waals surface area (Å²) in [5, 5.41) is 8.51. The summed E-state index contributed by atoms with van der Waals surface area (Å²) >= 11 is 1.54. The van der Waals surface area contributed by atoms with Crippen LogP contribution in [0.25, 0.3) is 22.8 Å². The molecule has 0 radical (unpaired) electrons. The second-order valence-corrected chi connectivity index (χ2v) is 7.65. The van der Waals surface area contributed by atoms with Crippen LogP contribution in [0.4, 0.5) is 26.5 Å². The van der Waals surface area contributed by atoms with Gasteiger partial charge < -0.3 is 16.2 Å². The average molecular weight is 454 g/mol. The molecule has 1 amide bonds. The van der Waals surface area contributed by atoms with E-state index in [2.05, 4.69) is 15.1 Å². The van der Waals surface area contributed by atoms with Gasteiger partial charge in [-0.3, -0.25) is 9.58 Å². The Bertz CT molecular complexity index is 1250. The zero-order chi connectivity index (χ0) is 22.8. The fraction of sp³-hybridized carbons (Fsp3) is 0.143. The number of benzene rings is 1. The van der Waals surface area contributed by atoms with Crippen molar-refractivity contribution in [2.24, 2.45) is 0 Å². The second-order valence-electron chi connectivity index (χ2n) is 6.87. The first-order chi connectivity index (χ1) is 15.4. The molecule has 4 N–H and O–H groups in total. The van der Waals surface area contributed by atoms with Crippen LogP contribution in [0.2, 0.25) is 0 Å². The molecule has 0 atom stereocenters. The highest BCUT2D eigenvalue weighted by Crippen LogP contribution is 2.32. The smallest absolute Gasteiger partial charge is 0.413 e. The van der Waals surface area contributed by atoms with E-state index in [0.717, 1.165) is 16.2 Å². The van der Waals surface area contributed by atoms with E-state index >= 15 is 0 Å². The summed E-state index contributed by atoms with van der Waals surface area (Å²) in [5.74, 6) is -0.131. The fourth-order valence-corrected chi connectivity index (χ4v) is 3.90. The number of nitrogens with two attached hydrogens (primary N) is 2. The van der Waals surface area contributed by atoms with Gasteiger partial charge >= 0.3 is 6.09 Å². The summed E-state index contributed by atoms with van der Waals surface area (Å²) < 4.78 is 20.6. The Morgan fingerprint density at radius 2 is 1.94 bits per heavy atom. The van der Waals surface area contributed by atoms with Crippen molar-refractivity contribution in [2.75, 3.05) is 30.5 Å². The molecule has 0 aliphatic carbocycles. The number of methoxy groups -OCH3 is 1. The molecule has 3 aromatic heterocycles. The Morgan fingerprint density at radius 3 is 2.56 bits per heavy atom. The van der Waals surface area contributed by atoms with Gasteiger partial charge in [0.2, 0.25) is 0 Å². The number of anilines is 3. The number of thiophene rings is 1. The molecule has 0 saturated carbocycles. The van der Waals surface area contributed by atoms with E-state index in [0.29, 0.717) is 11.3 Å². The van der Waals surface area contributed by atoms with Crippen LogP contribution in [0.3, 0.4) is 0 Å². The molecule has 32 heavy (non-hydrogen) atoms. The second kappa shape index (κ2) is 8.63. The number of aromatic nitrogens is 4. The summed E-state index contributed by atoms with van der Waals surface area (Å²) in [4.78, 5) is 21.6. The van der Waals surface area contributed by atoms with E-state index in [9.17, 15) is 9.18 Å². The van der Waals surface area contributed by atoms with Gasteiger partial charge in [0.25, 0.3) is 0 Å². The largest absolute Gasteiger partial charge is 0.452 e. The van der Waals surface area contributed by atoms with Crippen molar-refractivity contribution >= 4 is 34.8 Å². The molecule has 11 heteroatoms. The van der Waals surface area contributed by atoms with E-state index in [-0.39, 0.29) is 35.5 Å². The lowest BCUT2D eigenvalue weighted by atomic mass is 10.2. The number of nitrogens with zero attached hydrogens (tertiary/aromatic N) is 5. The van der Waals surface area contributed by atoms with Gasteiger partial charge in [-0.2, -0.15) is 16.4 Å². The zero-order valence-corrected chi connectivity index (χ0v) is 18.1. The lowest BCUT2D eigenvalue weighted by Crippen LogP contribution is -2.28. The topological polar surface area (TPSA) is 125 Å². The molecular weight excluding hydrogens is 433 g/mol. The van der Waals surface area contributed by atoms with Crippen molar-refractivity contribution in [1.82, 2.24) is 19.7 Å². The van der Waals surface area contributed by atoms with E-state index in [1.165, 1.54) is 31.6 Å². The Hall–Kier alpha value is -3.99. The predicted molar refractivity (Wildman–Crippen MR) is 122 cm³/mol. The van der Waals surface area contributed by atoms with Crippen molar-refractivity contribution in [3.63, 3.8) is 0 Å². The number of nitrogen functional groups attached to an aromatic ring is 2. The minimum Gasteiger partial charge on any atom is -0.452 e. The summed E-state index contributed by atoms with van der Waals surface area (Å²) in [7, 11) is 2.70. The standard InChI is InChI=1S/C21H20FN7O2S/c1-28(21(30)31-2)17-18(23)25-20(26-19(17)24)15-9-16(13-7-8-32-11-13)29(27-15)10-12-5-3-4-6-14(12)22/h3-9,11H,10H2,1-2H3,(H4,23,24,25,26). The first kappa shape index (κ1) is 21.2. The van der Waals surface area contributed by atoms with E-state index in [1.807, 2.05) is 16.8 Å². The summed E-state index contributed by atoms with van der Waals surface area (Å²) in [5.41, 5.74) is 14.9. The van der Waals surface area contributed by atoms with Crippen LogP contribution < -0.4 is 16.4 Å². The van der Waals surface area contributed by atoms with Crippen molar-refractivity contribution in [3.8, 4) is 22.8 Å². The number of halogens is 1. The maximum Gasteiger partial charge on any atom is 0.413 e. The Kier molecular flexibility index (Phi) is 5.73. The number of ether oxygens (including phenoxy) is 1. The minimum absolute atomic E-state index is 0.00105. The number of carbonyl (C=O) groups is 1. The Labute approximate surface area is 187 Å². The first-order valence-corrected chi connectivity index (χ1v) is 10.4. The van der Waals surface area contributed by atoms with E-state index in [1.54, 1.807) is 28.9 Å². The highest BCUT2D eigenvalue weighted by atomic mass is 32.1. The van der Waals surface area contributed by atoms with Gasteiger partial charge in [-0.25, -0.2) is 19.2 Å². The van der Waals surface area contributed by atoms with Crippen molar-refractivity contribution in [2.45, 2.75) is 6.54 Å². The summed E-state index contributed by atoms with van der Waals surface area (Å²) in [6, 6.07) is 10.3. The molecule has 1 aromatic carbocycles. The molecular formula is C21H20FN7O2S. The quantitative estimate of drug-likeness (QED) is 0.473. The van der Waals surface area contributed by atoms with Gasteiger partial charge in [0.1, 0.15) is 17.2 Å². The molecule has 0 aliphatic heterocycles. The molecule has 0 saturated heterocycles. The monoisotopic (exact) mass is 453 g/mol. The minimum atomic E-state index is -0.659. The third-order valence-electron chi connectivity index (χ3n) is 4.83. The number of rotatable bonds is 5. The normalized spacial score (nSPS) is 10.8. The van der Waals surface area contributed by atoms with Gasteiger partial charge in [-0.15, -0.1) is 0 Å². The van der Waals surface area contributed by atoms with Crippen molar-refractivity contribution in [1.29, 1.82) is 0 Å². The molecule has 4 aromatic rings. The maximum atomic E-state index is 14.3. The van der Waals surface area contributed by atoms with Gasteiger partial charge in [-0.1, -0.05) is 18.2 Å². The molecule has 0 bridgehead atoms. The summed E-state index contributed by atoms with van der Waals surface area (Å²) in [6.45, 7) is 0.214. The molecule has 9 nitrogen and oxygen atoms in total. The Morgan fingerprint density at radius 1 is 1.22 bits per heavy atom. The number of carbonyl (C=O) groups excluding carboxylic acids is 1. The van der Waals surface area contributed by atoms with Crippen LogP contribution in [-0.4, -0.2) is 40.0 Å². The molecule has 164 valence electrons. The number of hydrogen-bond donors (Lipinski definition) is 2. The van der Waals surface area contributed by atoms with Crippen LogP contribution >= 0.6 is 11.3 Å². The maximum absolute atomic E-state index is 14.3. The third kappa shape index (κ3) is 3.97. The average Bonchev–Trinajstić information content (AvgIpc) is 3.44. The lowest BCUT2D eigenvalue weighted by Gasteiger charge is -2.18. The lowest BCUT2D eigenvalue weighted by molar-refractivity contribution is 0.180. The number of hydrogen-bond acceptors (Lipinski definition) is 8. The summed E-state index contributed by atoms with van der Waals surface area (Å²) in [6.07, 6.45) is -0.659. The highest BCUT2D eigenvalue weighted by molar-refractivity contribution is 7.08. The first-order valence-electron chi connectivity index (χ1n) is 9.48. The molecule has 0 spiro atoms. The highest BCUT2D eigenvalue weighted by Gasteiger charge is 2.22. The van der Waals surface area contributed by atoms with Crippen LogP contribution in [0, 0.1) is 5.82 Å². The van der Waals surface area contributed by atoms with Crippen molar-refractivity contribution in [3.05, 3.63) is 58.5 Å². The van der Waals surface area contributed by atoms with Gasteiger partial charge in [0, 0.05) is 23.6 Å². The van der Waals surface area contributed by atoms with Crippen LogP contribution in [-0.2, 0) is 11.3 Å². The van der Waals surface area contributed by atoms with Crippen LogP contribution in [0.5, 0.6) is 0 Å². The third-order valence-corrected chi connectivity index (χ3v) is 5.51. The van der Waals surface area contributed by atoms with E-state index in [4.69, 9.17) is 16.2 Å². The van der Waals surface area contributed by atoms with Gasteiger partial charge in [0.15, 0.2) is 17.5 Å². The molecule has 0 unspecified atom stereocenters. The van der Waals surface area contributed by atoms with Crippen LogP contribution in [0.1, 0.15) is 5.56 Å². The van der Waals surface area contributed by atoms with Crippen LogP contribution in [0.15, 0.2) is 47.2 Å². The van der Waals surface area contributed by atoms with Crippen molar-refractivity contribution < 1.29 is 13.9 Å². The molecule has 4 rings (SSSR count). The zero-order valence-electron chi connectivity index (χ0n) is 17.3. The molecule has 0 aliphatic rings. The van der Waals surface area contributed by atoms with Gasteiger partial charge in [-0.05, 0) is 23.6 Å².